The molecule has 1 aliphatic rings. The Morgan fingerprint density at radius 1 is 1.62 bits per heavy atom. The zero-order valence-electron chi connectivity index (χ0n) is 5.09. The number of ether oxygens (including phenoxy) is 1. The molecule has 0 bridgehead atoms. The predicted molar refractivity (Wildman–Crippen MR) is 34.6 cm³/mol. The lowest BCUT2D eigenvalue weighted by molar-refractivity contribution is 0.0854. The van der Waals surface area contributed by atoms with Crippen molar-refractivity contribution in [2.75, 3.05) is 7.11 Å². The molecule has 0 unspecified atom stereocenters. The highest BCUT2D eigenvalue weighted by Gasteiger charge is 2.00. The van der Waals surface area contributed by atoms with E-state index in [4.69, 9.17) is 0 Å². The van der Waals surface area contributed by atoms with Crippen molar-refractivity contribution in [1.29, 1.82) is 0 Å². The van der Waals surface area contributed by atoms with Crippen molar-refractivity contribution in [2.24, 2.45) is 0 Å². The molecular formula is C7H11O+. The zero-order valence-corrected chi connectivity index (χ0v) is 5.09. The molecule has 1 aliphatic carbocycles. The molecule has 0 saturated heterocycles. The number of hydrogen-bond donors (Lipinski definition) is 0. The molecule has 0 heterocycles. The van der Waals surface area contributed by atoms with Gasteiger partial charge < -0.3 is 4.74 Å². The van der Waals surface area contributed by atoms with Gasteiger partial charge in [0.15, 0.2) is 7.11 Å². The summed E-state index contributed by atoms with van der Waals surface area (Å²) in [5, 5.41) is 0. The summed E-state index contributed by atoms with van der Waals surface area (Å²) >= 11 is 0. The van der Waals surface area contributed by atoms with Gasteiger partial charge in [-0.05, 0) is 6.42 Å². The second kappa shape index (κ2) is 2.55. The Hall–Kier alpha value is -0.720. The molecule has 44 valence electrons. The molecule has 0 aliphatic heterocycles. The van der Waals surface area contributed by atoms with E-state index in [1.807, 2.05) is 7.11 Å². The van der Waals surface area contributed by atoms with Crippen LogP contribution < -0.4 is 0 Å². The third-order valence-electron chi connectivity index (χ3n) is 1.28. The molecule has 0 aromatic heterocycles. The summed E-state index contributed by atoms with van der Waals surface area (Å²) in [6.07, 6.45) is 8.56. The Kier molecular flexibility index (Phi) is 1.73. The van der Waals surface area contributed by atoms with Crippen LogP contribution in [-0.2, 0) is 0 Å². The Labute approximate surface area is 49.7 Å². The lowest BCUT2D eigenvalue weighted by atomic mass is 10.2. The summed E-state index contributed by atoms with van der Waals surface area (Å²) < 4.78 is 4.06. The molecule has 0 radical (unpaired) electrons. The number of aliphatic hydroxyl groups is 2. The van der Waals surface area contributed by atoms with Crippen molar-refractivity contribution in [3.63, 3.8) is 0 Å². The number of rotatable bonds is 1. The molecular weight excluding hydrogens is 100 g/mol. The van der Waals surface area contributed by atoms with Gasteiger partial charge in [-0.25, -0.2) is 0 Å². The molecule has 1 nitrogen and oxygen atoms in total. The van der Waals surface area contributed by atoms with E-state index in [0.717, 1.165) is 12.8 Å². The van der Waals surface area contributed by atoms with Gasteiger partial charge in [-0.2, -0.15) is 0 Å². The average Bonchev–Trinajstić information content (AvgIpc) is 1.90. The van der Waals surface area contributed by atoms with E-state index in [-0.39, 0.29) is 0 Å². The maximum Gasteiger partial charge on any atom is 0.229 e. The maximum atomic E-state index is 4.06. The molecule has 0 fully saturated rings. The van der Waals surface area contributed by atoms with E-state index in [1.54, 1.807) is 0 Å². The second-order valence-electron chi connectivity index (χ2n) is 1.85. The van der Waals surface area contributed by atoms with E-state index in [1.165, 1.54) is 5.76 Å². The fourth-order valence-electron chi connectivity index (χ4n) is 0.776. The van der Waals surface area contributed by atoms with Crippen molar-refractivity contribution in [1.82, 2.24) is 0 Å². The molecule has 1 rings (SSSR count). The first-order valence-electron chi connectivity index (χ1n) is 2.89. The van der Waals surface area contributed by atoms with Gasteiger partial charge in [0.25, 0.3) is 0 Å². The van der Waals surface area contributed by atoms with Crippen LogP contribution in [0.5, 0.6) is 0 Å². The van der Waals surface area contributed by atoms with Gasteiger partial charge in [-0.3, -0.25) is 0 Å². The topological polar surface area (TPSA) is 12.8 Å². The molecule has 0 spiro atoms. The fourth-order valence-corrected chi connectivity index (χ4v) is 0.776. The molecule has 0 atom stereocenters. The van der Waals surface area contributed by atoms with Crippen LogP contribution in [0.3, 0.4) is 0 Å². The minimum Gasteiger partial charge on any atom is -0.588 e. The highest BCUT2D eigenvalue weighted by Crippen LogP contribution is 2.08. The standard InChI is InChI=1S/C7H10O/c1-8-7-5-3-2-4-6-7/h2-3,5H,4,6H2,1H3/p+1. The lowest BCUT2D eigenvalue weighted by Gasteiger charge is -2.02. The molecule has 8 heavy (non-hydrogen) atoms. The summed E-state index contributed by atoms with van der Waals surface area (Å²) in [4.78, 5) is 0. The SMILES string of the molecule is C[OH+]C1=CC=CCC1. The zero-order chi connectivity index (χ0) is 5.82. The summed E-state index contributed by atoms with van der Waals surface area (Å²) in [5.74, 6) is 1.22. The van der Waals surface area contributed by atoms with Gasteiger partial charge in [0, 0.05) is 6.08 Å². The van der Waals surface area contributed by atoms with Gasteiger partial charge in [-0.1, -0.05) is 12.2 Å². The molecule has 0 amide bonds. The summed E-state index contributed by atoms with van der Waals surface area (Å²) in [7, 11) is 1.84. The summed E-state index contributed by atoms with van der Waals surface area (Å²) in [6.45, 7) is 0. The molecule has 1 heteroatoms. The smallest absolute Gasteiger partial charge is 0.229 e. The highest BCUT2D eigenvalue weighted by atomic mass is 16.5. The lowest BCUT2D eigenvalue weighted by Crippen LogP contribution is -1.92. The first-order valence-corrected chi connectivity index (χ1v) is 2.89. The van der Waals surface area contributed by atoms with E-state index in [2.05, 4.69) is 23.0 Å². The minimum absolute atomic E-state index is 1.12. The van der Waals surface area contributed by atoms with Gasteiger partial charge in [0.1, 0.15) is 0 Å². The van der Waals surface area contributed by atoms with Crippen LogP contribution in [0.1, 0.15) is 12.8 Å². The average molecular weight is 111 g/mol. The van der Waals surface area contributed by atoms with Crippen LogP contribution in [-0.4, -0.2) is 11.8 Å². The quantitative estimate of drug-likeness (QED) is 0.453. The summed E-state index contributed by atoms with van der Waals surface area (Å²) in [5.41, 5.74) is 0. The Bertz CT molecular complexity index is 122. The van der Waals surface area contributed by atoms with E-state index in [0.29, 0.717) is 0 Å². The number of hydrogen-bond acceptors (Lipinski definition) is 0. The normalized spacial score (nSPS) is 17.9. The van der Waals surface area contributed by atoms with E-state index >= 15 is 0 Å². The molecule has 0 saturated carbocycles. The van der Waals surface area contributed by atoms with Crippen LogP contribution in [0.2, 0.25) is 0 Å². The summed E-state index contributed by atoms with van der Waals surface area (Å²) in [6, 6.07) is 0. The van der Waals surface area contributed by atoms with Crippen LogP contribution in [0.25, 0.3) is 0 Å². The first kappa shape index (κ1) is 5.42. The Morgan fingerprint density at radius 3 is 2.88 bits per heavy atom. The number of allylic oxidation sites excluding steroid dienone is 4. The molecule has 1 N–H and O–H groups in total. The Balaban J connectivity index is 2.50. The third kappa shape index (κ3) is 1.12. The van der Waals surface area contributed by atoms with Crippen LogP contribution in [0.4, 0.5) is 0 Å². The fraction of sp³-hybridized carbons (Fsp3) is 0.429. The minimum atomic E-state index is 1.12. The highest BCUT2D eigenvalue weighted by molar-refractivity contribution is 5.12. The Morgan fingerprint density at radius 2 is 2.50 bits per heavy atom. The van der Waals surface area contributed by atoms with E-state index < -0.39 is 0 Å². The second-order valence-corrected chi connectivity index (χ2v) is 1.85. The van der Waals surface area contributed by atoms with E-state index in [9.17, 15) is 0 Å². The van der Waals surface area contributed by atoms with Gasteiger partial charge in [-0.15, -0.1) is 0 Å². The van der Waals surface area contributed by atoms with Gasteiger partial charge in [0.2, 0.25) is 5.76 Å². The molecule has 0 aromatic carbocycles. The largest absolute Gasteiger partial charge is 0.588 e. The van der Waals surface area contributed by atoms with Crippen molar-refractivity contribution in [3.8, 4) is 0 Å². The van der Waals surface area contributed by atoms with Gasteiger partial charge in [0.05, 0.1) is 6.42 Å². The van der Waals surface area contributed by atoms with Crippen molar-refractivity contribution in [2.45, 2.75) is 12.8 Å². The van der Waals surface area contributed by atoms with Crippen molar-refractivity contribution in [3.05, 3.63) is 24.0 Å². The first-order chi connectivity index (χ1) is 3.93. The van der Waals surface area contributed by atoms with Crippen LogP contribution in [0.15, 0.2) is 24.0 Å². The van der Waals surface area contributed by atoms with Crippen molar-refractivity contribution < 1.29 is 4.74 Å². The van der Waals surface area contributed by atoms with Gasteiger partial charge >= 0.3 is 0 Å². The maximum absolute atomic E-state index is 4.06. The van der Waals surface area contributed by atoms with Crippen LogP contribution in [0, 0.1) is 0 Å². The monoisotopic (exact) mass is 111 g/mol. The third-order valence-corrected chi connectivity index (χ3v) is 1.28. The van der Waals surface area contributed by atoms with Crippen LogP contribution >= 0.6 is 0 Å². The van der Waals surface area contributed by atoms with Crippen molar-refractivity contribution >= 4 is 0 Å². The predicted octanol–water partition coefficient (Wildman–Crippen LogP) is 1.38. The molecule has 0 aromatic rings.